The monoisotopic (exact) mass is 509 g/mol. The third-order valence-electron chi connectivity index (χ3n) is 4.69. The summed E-state index contributed by atoms with van der Waals surface area (Å²) in [5.41, 5.74) is 2.32. The Balaban J connectivity index is 1.61. The fourth-order valence-corrected chi connectivity index (χ4v) is 4.46. The Morgan fingerprint density at radius 2 is 1.59 bits per heavy atom. The molecule has 1 fully saturated rings. The molecule has 0 radical (unpaired) electrons. The van der Waals surface area contributed by atoms with E-state index in [-0.39, 0.29) is 11.1 Å². The van der Waals surface area contributed by atoms with Crippen molar-refractivity contribution in [2.24, 2.45) is 0 Å². The number of imide groups is 1. The zero-order valence-electron chi connectivity index (χ0n) is 17.3. The van der Waals surface area contributed by atoms with Crippen LogP contribution in [0, 0.1) is 0 Å². The van der Waals surface area contributed by atoms with Crippen LogP contribution >= 0.6 is 27.7 Å². The van der Waals surface area contributed by atoms with Gasteiger partial charge in [-0.15, -0.1) is 0 Å². The van der Waals surface area contributed by atoms with Gasteiger partial charge in [0.15, 0.2) is 11.5 Å². The van der Waals surface area contributed by atoms with E-state index in [2.05, 4.69) is 15.9 Å². The maximum atomic E-state index is 12.9. The smallest absolute Gasteiger partial charge is 0.298 e. The number of anilines is 1. The fourth-order valence-electron chi connectivity index (χ4n) is 3.19. The topological polar surface area (TPSA) is 55.8 Å². The number of hydrogen-bond donors (Lipinski definition) is 0. The minimum atomic E-state index is -0.347. The van der Waals surface area contributed by atoms with Crippen molar-refractivity contribution in [3.05, 3.63) is 93.3 Å². The van der Waals surface area contributed by atoms with Crippen molar-refractivity contribution < 1.29 is 19.1 Å². The molecule has 0 aliphatic carbocycles. The second-order valence-electron chi connectivity index (χ2n) is 6.88. The Morgan fingerprint density at radius 3 is 2.28 bits per heavy atom. The molecule has 3 aromatic rings. The van der Waals surface area contributed by atoms with Crippen LogP contribution < -0.4 is 14.4 Å². The number of carbonyl (C=O) groups is 2. The molecular formula is C25H20BrNO4S. The molecule has 2 amide bonds. The Labute approximate surface area is 199 Å². The molecule has 1 aliphatic heterocycles. The minimum absolute atomic E-state index is 0.323. The van der Waals surface area contributed by atoms with E-state index in [9.17, 15) is 9.59 Å². The van der Waals surface area contributed by atoms with Crippen LogP contribution in [0.5, 0.6) is 11.5 Å². The molecule has 0 atom stereocenters. The normalized spacial score (nSPS) is 14.8. The number of benzene rings is 3. The van der Waals surface area contributed by atoms with Crippen molar-refractivity contribution in [2.45, 2.75) is 13.5 Å². The van der Waals surface area contributed by atoms with Crippen molar-refractivity contribution in [3.8, 4) is 11.5 Å². The third kappa shape index (κ3) is 4.89. The summed E-state index contributed by atoms with van der Waals surface area (Å²) in [7, 11) is 0. The van der Waals surface area contributed by atoms with Crippen molar-refractivity contribution in [1.29, 1.82) is 0 Å². The second kappa shape index (κ2) is 10.1. The highest BCUT2D eigenvalue weighted by Crippen LogP contribution is 2.39. The first-order chi connectivity index (χ1) is 15.6. The summed E-state index contributed by atoms with van der Waals surface area (Å²) in [6.07, 6.45) is 1.70. The van der Waals surface area contributed by atoms with Gasteiger partial charge in [-0.1, -0.05) is 64.5 Å². The molecule has 1 aliphatic rings. The minimum Gasteiger partial charge on any atom is -0.490 e. The highest BCUT2D eigenvalue weighted by Gasteiger charge is 2.36. The van der Waals surface area contributed by atoms with E-state index in [0.717, 1.165) is 27.4 Å². The molecule has 5 nitrogen and oxygen atoms in total. The molecule has 7 heteroatoms. The number of para-hydroxylation sites is 1. The first kappa shape index (κ1) is 22.2. The number of rotatable bonds is 7. The summed E-state index contributed by atoms with van der Waals surface area (Å²) in [5.74, 6) is 0.817. The average molecular weight is 510 g/mol. The van der Waals surface area contributed by atoms with Crippen LogP contribution in [0.2, 0.25) is 0 Å². The lowest BCUT2D eigenvalue weighted by Gasteiger charge is -2.14. The Morgan fingerprint density at radius 1 is 0.938 bits per heavy atom. The number of ether oxygens (including phenoxy) is 2. The van der Waals surface area contributed by atoms with Crippen LogP contribution in [0.4, 0.5) is 10.5 Å². The zero-order chi connectivity index (χ0) is 22.5. The number of hydrogen-bond acceptors (Lipinski definition) is 5. The Kier molecular flexibility index (Phi) is 6.97. The molecule has 1 heterocycles. The molecule has 0 N–H and O–H groups in total. The maximum Gasteiger partial charge on any atom is 0.298 e. The molecule has 0 spiro atoms. The molecular weight excluding hydrogens is 490 g/mol. The molecule has 0 unspecified atom stereocenters. The van der Waals surface area contributed by atoms with Gasteiger partial charge in [0.25, 0.3) is 11.1 Å². The lowest BCUT2D eigenvalue weighted by molar-refractivity contribution is -0.113. The quantitative estimate of drug-likeness (QED) is 0.333. The van der Waals surface area contributed by atoms with Crippen LogP contribution in [-0.2, 0) is 11.4 Å². The van der Waals surface area contributed by atoms with Gasteiger partial charge in [-0.2, -0.15) is 0 Å². The van der Waals surface area contributed by atoms with E-state index in [1.54, 1.807) is 30.3 Å². The van der Waals surface area contributed by atoms with E-state index >= 15 is 0 Å². The predicted molar refractivity (Wildman–Crippen MR) is 131 cm³/mol. The van der Waals surface area contributed by atoms with E-state index in [0.29, 0.717) is 35.3 Å². The molecule has 0 aromatic heterocycles. The highest BCUT2D eigenvalue weighted by molar-refractivity contribution is 9.10. The summed E-state index contributed by atoms with van der Waals surface area (Å²) < 4.78 is 12.5. The number of halogens is 1. The molecule has 32 heavy (non-hydrogen) atoms. The van der Waals surface area contributed by atoms with E-state index in [1.807, 2.05) is 55.5 Å². The maximum absolute atomic E-state index is 12.9. The Bertz CT molecular complexity index is 1170. The third-order valence-corrected chi connectivity index (χ3v) is 6.25. The summed E-state index contributed by atoms with van der Waals surface area (Å²) >= 11 is 4.48. The SMILES string of the molecule is CCOc1cc(/C=C2\SC(=O)N(c3ccccc3)C2=O)c(Br)cc1OCc1ccccc1. The van der Waals surface area contributed by atoms with Gasteiger partial charge < -0.3 is 9.47 Å². The second-order valence-corrected chi connectivity index (χ2v) is 8.73. The van der Waals surface area contributed by atoms with E-state index < -0.39 is 0 Å². The van der Waals surface area contributed by atoms with Crippen molar-refractivity contribution in [2.75, 3.05) is 11.5 Å². The molecule has 4 rings (SSSR count). The molecule has 0 saturated carbocycles. The van der Waals surface area contributed by atoms with Crippen LogP contribution in [0.3, 0.4) is 0 Å². The molecule has 162 valence electrons. The van der Waals surface area contributed by atoms with Gasteiger partial charge in [0.1, 0.15) is 6.61 Å². The summed E-state index contributed by atoms with van der Waals surface area (Å²) in [5, 5.41) is -0.323. The first-order valence-electron chi connectivity index (χ1n) is 10.0. The van der Waals surface area contributed by atoms with Crippen molar-refractivity contribution in [3.63, 3.8) is 0 Å². The molecule has 3 aromatic carbocycles. The van der Waals surface area contributed by atoms with E-state index in [4.69, 9.17) is 9.47 Å². The van der Waals surface area contributed by atoms with Gasteiger partial charge in [-0.05, 0) is 60.2 Å². The van der Waals surface area contributed by atoms with Crippen LogP contribution in [0.1, 0.15) is 18.1 Å². The average Bonchev–Trinajstić information content (AvgIpc) is 3.09. The lowest BCUT2D eigenvalue weighted by Crippen LogP contribution is -2.27. The van der Waals surface area contributed by atoms with Gasteiger partial charge >= 0.3 is 0 Å². The van der Waals surface area contributed by atoms with Crippen LogP contribution in [0.25, 0.3) is 6.08 Å². The number of thioether (sulfide) groups is 1. The first-order valence-corrected chi connectivity index (χ1v) is 11.6. The van der Waals surface area contributed by atoms with Gasteiger partial charge in [0, 0.05) is 4.47 Å². The lowest BCUT2D eigenvalue weighted by atomic mass is 10.1. The molecule has 0 bridgehead atoms. The fraction of sp³-hybridized carbons (Fsp3) is 0.120. The number of carbonyl (C=O) groups excluding carboxylic acids is 2. The standard InChI is InChI=1S/C25H20BrNO4S/c1-2-30-21-13-18(20(26)15-22(21)31-16-17-9-5-3-6-10-17)14-23-24(28)27(25(29)32-23)19-11-7-4-8-12-19/h3-15H,2,16H2,1H3/b23-14-. The number of amides is 2. The van der Waals surface area contributed by atoms with Crippen LogP contribution in [0.15, 0.2) is 82.2 Å². The van der Waals surface area contributed by atoms with Gasteiger partial charge in [-0.25, -0.2) is 4.90 Å². The van der Waals surface area contributed by atoms with Crippen molar-refractivity contribution >= 4 is 50.6 Å². The summed E-state index contributed by atoms with van der Waals surface area (Å²) in [6.45, 7) is 2.77. The Hall–Kier alpha value is -3.03. The molecule has 1 saturated heterocycles. The number of nitrogens with zero attached hydrogens (tertiary/aromatic N) is 1. The van der Waals surface area contributed by atoms with E-state index in [1.165, 1.54) is 4.90 Å². The van der Waals surface area contributed by atoms with Gasteiger partial charge in [0.05, 0.1) is 17.2 Å². The zero-order valence-corrected chi connectivity index (χ0v) is 19.7. The van der Waals surface area contributed by atoms with Gasteiger partial charge in [-0.3, -0.25) is 9.59 Å². The largest absolute Gasteiger partial charge is 0.490 e. The van der Waals surface area contributed by atoms with Crippen LogP contribution in [-0.4, -0.2) is 17.8 Å². The predicted octanol–water partition coefficient (Wildman–Crippen LogP) is 6.67. The van der Waals surface area contributed by atoms with Gasteiger partial charge in [0.2, 0.25) is 0 Å². The summed E-state index contributed by atoms with van der Waals surface area (Å²) in [4.78, 5) is 26.9. The highest BCUT2D eigenvalue weighted by atomic mass is 79.9. The van der Waals surface area contributed by atoms with Crippen molar-refractivity contribution in [1.82, 2.24) is 0 Å². The summed E-state index contributed by atoms with van der Waals surface area (Å²) in [6, 6.07) is 22.4.